The van der Waals surface area contributed by atoms with E-state index in [1.165, 1.54) is 5.57 Å². The third kappa shape index (κ3) is 3.87. The Bertz CT molecular complexity index is 888. The average molecular weight is 354 g/mol. The van der Waals surface area contributed by atoms with Gasteiger partial charge in [-0.2, -0.15) is 0 Å². The summed E-state index contributed by atoms with van der Waals surface area (Å²) in [5.74, 6) is -0.318. The van der Waals surface area contributed by atoms with E-state index < -0.39 is 0 Å². The average Bonchev–Trinajstić information content (AvgIpc) is 3.11. The van der Waals surface area contributed by atoms with Crippen molar-refractivity contribution in [2.75, 3.05) is 0 Å². The number of carbonyl (C=O) groups excluding carboxylic acids is 2. The van der Waals surface area contributed by atoms with Crippen molar-refractivity contribution in [3.63, 3.8) is 0 Å². The van der Waals surface area contributed by atoms with Gasteiger partial charge in [0.25, 0.3) is 11.1 Å². The molecule has 1 aromatic heterocycles. The summed E-state index contributed by atoms with van der Waals surface area (Å²) in [6, 6.07) is 8.54. The smallest absolute Gasteiger partial charge is 0.290 e. The van der Waals surface area contributed by atoms with Crippen LogP contribution in [0.1, 0.15) is 45.2 Å². The van der Waals surface area contributed by atoms with E-state index in [2.05, 4.69) is 55.1 Å². The Morgan fingerprint density at radius 1 is 1.28 bits per heavy atom. The Balaban J connectivity index is 1.90. The van der Waals surface area contributed by atoms with Crippen LogP contribution in [0.2, 0.25) is 0 Å². The number of fused-ring (bicyclic) bond motifs is 1. The quantitative estimate of drug-likeness (QED) is 0.587. The van der Waals surface area contributed by atoms with E-state index in [-0.39, 0.29) is 11.1 Å². The number of allylic oxidation sites excluding steroid dienone is 2. The highest BCUT2D eigenvalue weighted by Crippen LogP contribution is 2.30. The lowest BCUT2D eigenvalue weighted by Crippen LogP contribution is -2.17. The van der Waals surface area contributed by atoms with E-state index in [9.17, 15) is 9.59 Å². The number of hydrogen-bond acceptors (Lipinski definition) is 3. The Hall–Kier alpha value is -2.27. The number of nitrogens with zero attached hydrogens (tertiary/aromatic N) is 1. The molecule has 0 spiro atoms. The molecule has 1 unspecified atom stereocenters. The Morgan fingerprint density at radius 3 is 2.76 bits per heavy atom. The molecule has 4 nitrogen and oxygen atoms in total. The van der Waals surface area contributed by atoms with Crippen LogP contribution in [0.5, 0.6) is 0 Å². The molecule has 2 amide bonds. The second kappa shape index (κ2) is 7.31. The molecule has 0 bridgehead atoms. The molecule has 1 atom stereocenters. The lowest BCUT2D eigenvalue weighted by atomic mass is 10.1. The van der Waals surface area contributed by atoms with Crippen LogP contribution in [0.4, 0.5) is 4.79 Å². The molecule has 5 heteroatoms. The minimum absolute atomic E-state index is 0.311. The van der Waals surface area contributed by atoms with Crippen LogP contribution < -0.4 is 5.32 Å². The van der Waals surface area contributed by atoms with Crippen LogP contribution in [0.15, 0.2) is 47.0 Å². The fourth-order valence-electron chi connectivity index (χ4n) is 3.04. The summed E-state index contributed by atoms with van der Waals surface area (Å²) < 4.78 is 2.28. The zero-order chi connectivity index (χ0) is 18.0. The Kier molecular flexibility index (Phi) is 5.13. The third-order valence-electron chi connectivity index (χ3n) is 4.34. The first kappa shape index (κ1) is 17.5. The summed E-state index contributed by atoms with van der Waals surface area (Å²) in [6.45, 7) is 6.47. The number of hydrogen-bond donors (Lipinski definition) is 1. The van der Waals surface area contributed by atoms with Crippen LogP contribution in [0, 0.1) is 0 Å². The van der Waals surface area contributed by atoms with E-state index in [0.29, 0.717) is 10.9 Å². The highest BCUT2D eigenvalue weighted by atomic mass is 32.2. The molecule has 2 aromatic rings. The number of aromatic nitrogens is 1. The third-order valence-corrected chi connectivity index (χ3v) is 5.15. The number of amides is 2. The Labute approximate surface area is 152 Å². The largest absolute Gasteiger partial charge is 0.345 e. The van der Waals surface area contributed by atoms with Crippen molar-refractivity contribution in [3.05, 3.63) is 52.6 Å². The predicted molar refractivity (Wildman–Crippen MR) is 104 cm³/mol. The van der Waals surface area contributed by atoms with Crippen LogP contribution in [0.3, 0.4) is 0 Å². The molecule has 3 rings (SSSR count). The lowest BCUT2D eigenvalue weighted by Gasteiger charge is -2.15. The number of imide groups is 1. The highest BCUT2D eigenvalue weighted by Gasteiger charge is 2.25. The van der Waals surface area contributed by atoms with Gasteiger partial charge < -0.3 is 4.57 Å². The molecule has 1 aliphatic rings. The Morgan fingerprint density at radius 2 is 2.08 bits per heavy atom. The van der Waals surface area contributed by atoms with Gasteiger partial charge in [0.05, 0.1) is 4.91 Å². The molecule has 0 aliphatic carbocycles. The maximum absolute atomic E-state index is 11.8. The lowest BCUT2D eigenvalue weighted by molar-refractivity contribution is -0.115. The van der Waals surface area contributed by atoms with Crippen molar-refractivity contribution >= 4 is 39.9 Å². The number of carbonyl (C=O) groups is 2. The molecule has 0 saturated carbocycles. The fourth-order valence-corrected chi connectivity index (χ4v) is 3.71. The number of nitrogens with one attached hydrogen (secondary N) is 1. The van der Waals surface area contributed by atoms with Crippen LogP contribution >= 0.6 is 11.8 Å². The van der Waals surface area contributed by atoms with E-state index >= 15 is 0 Å². The minimum atomic E-state index is -0.318. The molecule has 1 fully saturated rings. The molecule has 2 heterocycles. The number of rotatable bonds is 5. The van der Waals surface area contributed by atoms with Gasteiger partial charge in [-0.1, -0.05) is 23.8 Å². The normalized spacial score (nSPS) is 17.2. The predicted octanol–water partition coefficient (Wildman–Crippen LogP) is 5.27. The molecule has 25 heavy (non-hydrogen) atoms. The molecule has 1 N–H and O–H groups in total. The monoisotopic (exact) mass is 354 g/mol. The van der Waals surface area contributed by atoms with Gasteiger partial charge in [0.15, 0.2) is 0 Å². The van der Waals surface area contributed by atoms with E-state index in [1.54, 1.807) is 6.08 Å². The molecular weight excluding hydrogens is 332 g/mol. The van der Waals surface area contributed by atoms with Crippen molar-refractivity contribution in [1.82, 2.24) is 9.88 Å². The van der Waals surface area contributed by atoms with Gasteiger partial charge in [-0.05, 0) is 69.1 Å². The minimum Gasteiger partial charge on any atom is -0.345 e. The SMILES string of the molecule is CC(C)=CCCC(C)n1ccc2c(C=C3SC(=O)NC3=O)cccc21. The summed E-state index contributed by atoms with van der Waals surface area (Å²) in [4.78, 5) is 23.6. The molecule has 1 aromatic carbocycles. The topological polar surface area (TPSA) is 51.1 Å². The van der Waals surface area contributed by atoms with Gasteiger partial charge in [0.2, 0.25) is 0 Å². The first-order valence-electron chi connectivity index (χ1n) is 8.43. The summed E-state index contributed by atoms with van der Waals surface area (Å²) >= 11 is 0.952. The molecule has 0 radical (unpaired) electrons. The van der Waals surface area contributed by atoms with E-state index in [4.69, 9.17) is 0 Å². The van der Waals surface area contributed by atoms with Gasteiger partial charge in [-0.3, -0.25) is 14.9 Å². The van der Waals surface area contributed by atoms with Crippen LogP contribution in [0.25, 0.3) is 17.0 Å². The first-order valence-corrected chi connectivity index (χ1v) is 9.25. The summed E-state index contributed by atoms with van der Waals surface area (Å²) in [7, 11) is 0. The molecular formula is C20H22N2O2S. The highest BCUT2D eigenvalue weighted by molar-refractivity contribution is 8.18. The second-order valence-corrected chi connectivity index (χ2v) is 7.58. The summed E-state index contributed by atoms with van der Waals surface area (Å²) in [5.41, 5.74) is 3.45. The number of thioether (sulfide) groups is 1. The van der Waals surface area contributed by atoms with Gasteiger partial charge >= 0.3 is 0 Å². The standard InChI is InChI=1S/C20H22N2O2S/c1-13(2)6-4-7-14(3)22-11-10-16-15(8-5-9-17(16)22)12-18-19(23)21-20(24)25-18/h5-6,8-12,14H,4,7H2,1-3H3,(H,21,23,24). The summed E-state index contributed by atoms with van der Waals surface area (Å²) in [6.07, 6.45) is 8.31. The first-order chi connectivity index (χ1) is 12.0. The molecule has 1 saturated heterocycles. The zero-order valence-electron chi connectivity index (χ0n) is 14.7. The maximum atomic E-state index is 11.8. The van der Waals surface area contributed by atoms with Gasteiger partial charge in [0.1, 0.15) is 0 Å². The number of benzene rings is 1. The van der Waals surface area contributed by atoms with Crippen molar-refractivity contribution < 1.29 is 9.59 Å². The maximum Gasteiger partial charge on any atom is 0.290 e. The van der Waals surface area contributed by atoms with Crippen molar-refractivity contribution in [3.8, 4) is 0 Å². The van der Waals surface area contributed by atoms with Crippen molar-refractivity contribution in [2.45, 2.75) is 39.7 Å². The van der Waals surface area contributed by atoms with E-state index in [1.807, 2.05) is 12.1 Å². The van der Waals surface area contributed by atoms with Gasteiger partial charge in [0, 0.05) is 23.1 Å². The van der Waals surface area contributed by atoms with Crippen LogP contribution in [-0.2, 0) is 4.79 Å². The fraction of sp³-hybridized carbons (Fsp3) is 0.300. The summed E-state index contributed by atoms with van der Waals surface area (Å²) in [5, 5.41) is 3.08. The van der Waals surface area contributed by atoms with Gasteiger partial charge in [-0.15, -0.1) is 0 Å². The van der Waals surface area contributed by atoms with Gasteiger partial charge in [-0.25, -0.2) is 0 Å². The molecule has 1 aliphatic heterocycles. The van der Waals surface area contributed by atoms with Crippen molar-refractivity contribution in [1.29, 1.82) is 0 Å². The van der Waals surface area contributed by atoms with Crippen molar-refractivity contribution in [2.24, 2.45) is 0 Å². The molecule has 130 valence electrons. The second-order valence-electron chi connectivity index (χ2n) is 6.56. The zero-order valence-corrected chi connectivity index (χ0v) is 15.5. The van der Waals surface area contributed by atoms with E-state index in [0.717, 1.165) is 41.1 Å². The van der Waals surface area contributed by atoms with Crippen LogP contribution in [-0.4, -0.2) is 15.7 Å².